The standard InChI is InChI=1S/C23H24O4S/c1-4-6-15-21(24)18-11-14(23(25)26-13(2)3)8-9-19(18)27-22(15)17-12-16(17)20-7-5-10-28-20/h5,7-11,13,16-17H,4,6,12H2,1-3H3. The minimum Gasteiger partial charge on any atom is -0.460 e. The smallest absolute Gasteiger partial charge is 0.338 e. The summed E-state index contributed by atoms with van der Waals surface area (Å²) in [5, 5.41) is 2.55. The molecule has 1 aliphatic rings. The molecule has 0 spiro atoms. The molecule has 5 heteroatoms. The van der Waals surface area contributed by atoms with Crippen molar-refractivity contribution in [3.05, 3.63) is 67.7 Å². The maximum absolute atomic E-state index is 13.3. The summed E-state index contributed by atoms with van der Waals surface area (Å²) in [6.45, 7) is 5.67. The number of thiophene rings is 1. The second-order valence-corrected chi connectivity index (χ2v) is 8.63. The van der Waals surface area contributed by atoms with E-state index in [0.717, 1.165) is 24.2 Å². The van der Waals surface area contributed by atoms with Crippen molar-refractivity contribution in [3.63, 3.8) is 0 Å². The highest BCUT2D eigenvalue weighted by Gasteiger charge is 2.44. The van der Waals surface area contributed by atoms with Crippen LogP contribution in [0.15, 0.2) is 44.9 Å². The van der Waals surface area contributed by atoms with Gasteiger partial charge in [0.1, 0.15) is 11.3 Å². The van der Waals surface area contributed by atoms with Crippen LogP contribution in [0.3, 0.4) is 0 Å². The summed E-state index contributed by atoms with van der Waals surface area (Å²) in [5.41, 5.74) is 1.66. The molecule has 2 heterocycles. The molecule has 4 rings (SSSR count). The average molecular weight is 397 g/mol. The Bertz CT molecular complexity index is 1060. The van der Waals surface area contributed by atoms with Gasteiger partial charge in [0, 0.05) is 22.3 Å². The first-order chi connectivity index (χ1) is 13.5. The van der Waals surface area contributed by atoms with Crippen LogP contribution in [0, 0.1) is 0 Å². The minimum atomic E-state index is -0.419. The van der Waals surface area contributed by atoms with Crippen molar-refractivity contribution in [2.45, 2.75) is 58.0 Å². The third kappa shape index (κ3) is 3.51. The van der Waals surface area contributed by atoms with Crippen molar-refractivity contribution < 1.29 is 13.9 Å². The van der Waals surface area contributed by atoms with E-state index in [9.17, 15) is 9.59 Å². The van der Waals surface area contributed by atoms with Crippen molar-refractivity contribution in [3.8, 4) is 0 Å². The Labute approximate surface area is 168 Å². The second kappa shape index (κ2) is 7.55. The zero-order valence-electron chi connectivity index (χ0n) is 16.4. The van der Waals surface area contributed by atoms with Gasteiger partial charge in [-0.2, -0.15) is 0 Å². The van der Waals surface area contributed by atoms with E-state index in [4.69, 9.17) is 9.15 Å². The molecule has 0 amide bonds. The molecule has 2 unspecified atom stereocenters. The summed E-state index contributed by atoms with van der Waals surface area (Å²) in [5.74, 6) is 1.12. The van der Waals surface area contributed by atoms with Gasteiger partial charge in [0.15, 0.2) is 5.43 Å². The molecule has 0 N–H and O–H groups in total. The van der Waals surface area contributed by atoms with Crippen LogP contribution in [0.5, 0.6) is 0 Å². The molecule has 2 atom stereocenters. The Morgan fingerprint density at radius 2 is 2.11 bits per heavy atom. The van der Waals surface area contributed by atoms with Crippen molar-refractivity contribution in [1.29, 1.82) is 0 Å². The molecule has 0 bridgehead atoms. The maximum Gasteiger partial charge on any atom is 0.338 e. The number of fused-ring (bicyclic) bond motifs is 1. The van der Waals surface area contributed by atoms with Gasteiger partial charge in [-0.15, -0.1) is 11.3 Å². The van der Waals surface area contributed by atoms with Crippen LogP contribution in [0.25, 0.3) is 11.0 Å². The number of hydrogen-bond acceptors (Lipinski definition) is 5. The highest BCUT2D eigenvalue weighted by Crippen LogP contribution is 2.56. The third-order valence-corrected chi connectivity index (χ3v) is 6.13. The van der Waals surface area contributed by atoms with Gasteiger partial charge in [0.25, 0.3) is 0 Å². The summed E-state index contributed by atoms with van der Waals surface area (Å²) >= 11 is 1.76. The van der Waals surface area contributed by atoms with Gasteiger partial charge in [-0.1, -0.05) is 19.4 Å². The van der Waals surface area contributed by atoms with Crippen LogP contribution < -0.4 is 5.43 Å². The Kier molecular flexibility index (Phi) is 5.11. The molecule has 0 saturated heterocycles. The van der Waals surface area contributed by atoms with Crippen molar-refractivity contribution in [2.75, 3.05) is 0 Å². The molecule has 1 aliphatic carbocycles. The lowest BCUT2D eigenvalue weighted by molar-refractivity contribution is 0.0378. The van der Waals surface area contributed by atoms with Crippen molar-refractivity contribution in [1.82, 2.24) is 0 Å². The van der Waals surface area contributed by atoms with Crippen LogP contribution in [-0.2, 0) is 11.2 Å². The van der Waals surface area contributed by atoms with E-state index < -0.39 is 5.97 Å². The van der Waals surface area contributed by atoms with Gasteiger partial charge in [-0.25, -0.2) is 4.79 Å². The first kappa shape index (κ1) is 18.9. The molecular weight excluding hydrogens is 372 g/mol. The van der Waals surface area contributed by atoms with E-state index in [2.05, 4.69) is 24.4 Å². The molecule has 4 nitrogen and oxygen atoms in total. The van der Waals surface area contributed by atoms with Gasteiger partial charge in [0.05, 0.1) is 17.1 Å². The van der Waals surface area contributed by atoms with Crippen LogP contribution in [-0.4, -0.2) is 12.1 Å². The number of ether oxygens (including phenoxy) is 1. The fraction of sp³-hybridized carbons (Fsp3) is 0.391. The van der Waals surface area contributed by atoms with E-state index in [1.54, 1.807) is 43.4 Å². The van der Waals surface area contributed by atoms with Crippen molar-refractivity contribution in [2.24, 2.45) is 0 Å². The van der Waals surface area contributed by atoms with Gasteiger partial charge in [-0.05, 0) is 56.3 Å². The largest absolute Gasteiger partial charge is 0.460 e. The molecular formula is C23H24O4S. The first-order valence-corrected chi connectivity index (χ1v) is 10.7. The van der Waals surface area contributed by atoms with E-state index in [-0.39, 0.29) is 17.5 Å². The van der Waals surface area contributed by atoms with E-state index in [1.165, 1.54) is 4.88 Å². The first-order valence-electron chi connectivity index (χ1n) is 9.83. The Morgan fingerprint density at radius 1 is 1.29 bits per heavy atom. The SMILES string of the molecule is CCCc1c(C2CC2c2cccs2)oc2ccc(C(=O)OC(C)C)cc2c1=O. The molecule has 0 aliphatic heterocycles. The fourth-order valence-electron chi connectivity index (χ4n) is 3.75. The van der Waals surface area contributed by atoms with Gasteiger partial charge >= 0.3 is 5.97 Å². The summed E-state index contributed by atoms with van der Waals surface area (Å²) in [6, 6.07) is 9.22. The highest BCUT2D eigenvalue weighted by molar-refractivity contribution is 7.10. The van der Waals surface area contributed by atoms with Crippen LogP contribution in [0.1, 0.15) is 72.0 Å². The van der Waals surface area contributed by atoms with Crippen LogP contribution >= 0.6 is 11.3 Å². The molecule has 2 aromatic heterocycles. The molecule has 1 saturated carbocycles. The Hall–Kier alpha value is -2.40. The van der Waals surface area contributed by atoms with E-state index in [1.807, 2.05) is 0 Å². The Morgan fingerprint density at radius 3 is 2.79 bits per heavy atom. The summed E-state index contributed by atoms with van der Waals surface area (Å²) in [6.07, 6.45) is 2.36. The average Bonchev–Trinajstić information content (AvgIpc) is 3.27. The highest BCUT2D eigenvalue weighted by atomic mass is 32.1. The zero-order chi connectivity index (χ0) is 19.8. The number of esters is 1. The molecule has 1 aromatic carbocycles. The molecule has 1 fully saturated rings. The predicted octanol–water partition coefficient (Wildman–Crippen LogP) is 5.64. The quantitative estimate of drug-likeness (QED) is 0.506. The number of hydrogen-bond donors (Lipinski definition) is 0. The van der Waals surface area contributed by atoms with E-state index in [0.29, 0.717) is 28.9 Å². The number of rotatable bonds is 6. The minimum absolute atomic E-state index is 0.0193. The molecule has 0 radical (unpaired) electrons. The monoisotopic (exact) mass is 396 g/mol. The number of benzene rings is 1. The maximum atomic E-state index is 13.3. The molecule has 28 heavy (non-hydrogen) atoms. The summed E-state index contributed by atoms with van der Waals surface area (Å²) in [4.78, 5) is 26.8. The van der Waals surface area contributed by atoms with E-state index >= 15 is 0 Å². The normalized spacial score (nSPS) is 18.6. The van der Waals surface area contributed by atoms with Gasteiger partial charge in [0.2, 0.25) is 0 Å². The fourth-order valence-corrected chi connectivity index (χ4v) is 4.65. The lowest BCUT2D eigenvalue weighted by Crippen LogP contribution is -2.15. The van der Waals surface area contributed by atoms with Crippen LogP contribution in [0.4, 0.5) is 0 Å². The second-order valence-electron chi connectivity index (χ2n) is 7.65. The number of carbonyl (C=O) groups is 1. The molecule has 146 valence electrons. The van der Waals surface area contributed by atoms with Gasteiger partial charge < -0.3 is 9.15 Å². The van der Waals surface area contributed by atoms with Crippen molar-refractivity contribution >= 4 is 28.3 Å². The third-order valence-electron chi connectivity index (χ3n) is 5.13. The lowest BCUT2D eigenvalue weighted by Gasteiger charge is -2.11. The summed E-state index contributed by atoms with van der Waals surface area (Å²) < 4.78 is 11.5. The predicted molar refractivity (Wildman–Crippen MR) is 111 cm³/mol. The summed E-state index contributed by atoms with van der Waals surface area (Å²) in [7, 11) is 0. The Balaban J connectivity index is 1.76. The van der Waals surface area contributed by atoms with Crippen LogP contribution in [0.2, 0.25) is 0 Å². The zero-order valence-corrected chi connectivity index (χ0v) is 17.2. The lowest BCUT2D eigenvalue weighted by atomic mass is 10.0. The number of carbonyl (C=O) groups excluding carboxylic acids is 1. The van der Waals surface area contributed by atoms with Gasteiger partial charge in [-0.3, -0.25) is 4.79 Å². The molecule has 3 aromatic rings. The topological polar surface area (TPSA) is 56.5 Å².